The van der Waals surface area contributed by atoms with Crippen LogP contribution in [0.3, 0.4) is 0 Å². The molecule has 0 aliphatic rings. The van der Waals surface area contributed by atoms with Crippen molar-refractivity contribution in [1.29, 1.82) is 0 Å². The van der Waals surface area contributed by atoms with E-state index in [1.807, 2.05) is 0 Å². The molecule has 0 aliphatic carbocycles. The number of aldehydes is 1. The Morgan fingerprint density at radius 2 is 2.29 bits per heavy atom. The molecule has 1 aromatic carbocycles. The van der Waals surface area contributed by atoms with Gasteiger partial charge in [0.25, 0.3) is 0 Å². The normalized spacial score (nSPS) is 10.4. The molecule has 0 aliphatic heterocycles. The molecule has 0 amide bonds. The van der Waals surface area contributed by atoms with E-state index in [-0.39, 0.29) is 0 Å². The predicted molar refractivity (Wildman–Crippen MR) is 58.2 cm³/mol. The first-order valence-electron chi connectivity index (χ1n) is 4.07. The summed E-state index contributed by atoms with van der Waals surface area (Å²) in [7, 11) is 1.60. The number of carbonyl (C=O) groups is 1. The van der Waals surface area contributed by atoms with Crippen LogP contribution in [0.25, 0.3) is 10.1 Å². The van der Waals surface area contributed by atoms with Crippen LogP contribution < -0.4 is 10.5 Å². The first-order chi connectivity index (χ1) is 6.76. The molecule has 2 aromatic rings. The minimum Gasteiger partial charge on any atom is -0.495 e. The Morgan fingerprint density at radius 3 is 2.93 bits per heavy atom. The van der Waals surface area contributed by atoms with Crippen LogP contribution in [0.5, 0.6) is 5.75 Å². The maximum absolute atomic E-state index is 10.8. The molecule has 0 unspecified atom stereocenters. The molecule has 0 atom stereocenters. The largest absolute Gasteiger partial charge is 0.495 e. The van der Waals surface area contributed by atoms with E-state index in [4.69, 9.17) is 10.5 Å². The second-order valence-corrected chi connectivity index (χ2v) is 3.95. The van der Waals surface area contributed by atoms with Gasteiger partial charge in [0.15, 0.2) is 6.29 Å². The van der Waals surface area contributed by atoms with E-state index < -0.39 is 0 Å². The van der Waals surface area contributed by atoms with E-state index in [2.05, 4.69) is 0 Å². The van der Waals surface area contributed by atoms with Crippen LogP contribution >= 0.6 is 11.3 Å². The number of ether oxygens (including phenoxy) is 1. The summed E-state index contributed by atoms with van der Waals surface area (Å²) in [5.74, 6) is 0.757. The number of carbonyl (C=O) groups excluding carboxylic acids is 1. The molecule has 2 N–H and O–H groups in total. The molecule has 1 aromatic heterocycles. The SMILES string of the molecule is COc1ccc(C=O)c2cc(N)sc12. The number of nitrogen functional groups attached to an aromatic ring is 1. The van der Waals surface area contributed by atoms with E-state index >= 15 is 0 Å². The number of hydrogen-bond donors (Lipinski definition) is 1. The van der Waals surface area contributed by atoms with Crippen molar-refractivity contribution < 1.29 is 9.53 Å². The van der Waals surface area contributed by atoms with Crippen molar-refractivity contribution in [3.8, 4) is 5.75 Å². The Kier molecular flexibility index (Phi) is 2.13. The zero-order valence-corrected chi connectivity index (χ0v) is 8.43. The fraction of sp³-hybridized carbons (Fsp3) is 0.100. The maximum atomic E-state index is 10.8. The molecule has 3 nitrogen and oxygen atoms in total. The van der Waals surface area contributed by atoms with Crippen molar-refractivity contribution in [2.45, 2.75) is 0 Å². The first kappa shape index (κ1) is 9.02. The molecule has 0 saturated heterocycles. The second kappa shape index (κ2) is 3.31. The van der Waals surface area contributed by atoms with Gasteiger partial charge in [-0.3, -0.25) is 4.79 Å². The van der Waals surface area contributed by atoms with Crippen LogP contribution in [-0.4, -0.2) is 13.4 Å². The Balaban J connectivity index is 2.83. The molecular weight excluding hydrogens is 198 g/mol. The summed E-state index contributed by atoms with van der Waals surface area (Å²) in [4.78, 5) is 10.8. The van der Waals surface area contributed by atoms with Gasteiger partial charge < -0.3 is 10.5 Å². The van der Waals surface area contributed by atoms with E-state index in [0.29, 0.717) is 10.6 Å². The van der Waals surface area contributed by atoms with E-state index in [0.717, 1.165) is 22.1 Å². The number of methoxy groups -OCH3 is 1. The van der Waals surface area contributed by atoms with E-state index in [1.165, 1.54) is 11.3 Å². The molecule has 1 heterocycles. The highest BCUT2D eigenvalue weighted by Crippen LogP contribution is 2.36. The van der Waals surface area contributed by atoms with E-state index in [9.17, 15) is 4.79 Å². The van der Waals surface area contributed by atoms with Gasteiger partial charge in [0, 0.05) is 10.9 Å². The lowest BCUT2D eigenvalue weighted by molar-refractivity contribution is 0.112. The summed E-state index contributed by atoms with van der Waals surface area (Å²) in [6.45, 7) is 0. The first-order valence-corrected chi connectivity index (χ1v) is 4.89. The van der Waals surface area contributed by atoms with Gasteiger partial charge in [0.2, 0.25) is 0 Å². The number of nitrogens with two attached hydrogens (primary N) is 1. The van der Waals surface area contributed by atoms with Crippen molar-refractivity contribution in [3.63, 3.8) is 0 Å². The lowest BCUT2D eigenvalue weighted by atomic mass is 10.1. The Labute approximate surface area is 85.1 Å². The number of rotatable bonds is 2. The topological polar surface area (TPSA) is 52.3 Å². The highest BCUT2D eigenvalue weighted by atomic mass is 32.1. The van der Waals surface area contributed by atoms with Crippen LogP contribution in [0.1, 0.15) is 10.4 Å². The zero-order chi connectivity index (χ0) is 10.1. The third-order valence-corrected chi connectivity index (χ3v) is 3.03. The minimum atomic E-state index is 0.647. The average molecular weight is 207 g/mol. The maximum Gasteiger partial charge on any atom is 0.150 e. The van der Waals surface area contributed by atoms with Crippen LogP contribution in [0, 0.1) is 0 Å². The molecule has 0 radical (unpaired) electrons. The van der Waals surface area contributed by atoms with Gasteiger partial charge in [-0.1, -0.05) is 0 Å². The van der Waals surface area contributed by atoms with Gasteiger partial charge in [-0.05, 0) is 18.2 Å². The Bertz CT molecular complexity index is 490. The predicted octanol–water partition coefficient (Wildman–Crippen LogP) is 2.30. The van der Waals surface area contributed by atoms with Crippen LogP contribution in [0.4, 0.5) is 5.00 Å². The van der Waals surface area contributed by atoms with Gasteiger partial charge in [-0.2, -0.15) is 0 Å². The standard InChI is InChI=1S/C10H9NO2S/c1-13-8-3-2-6(5-12)7-4-9(11)14-10(7)8/h2-5H,11H2,1H3. The van der Waals surface area contributed by atoms with Crippen molar-refractivity contribution in [1.82, 2.24) is 0 Å². The van der Waals surface area contributed by atoms with Gasteiger partial charge in [-0.15, -0.1) is 11.3 Å². The van der Waals surface area contributed by atoms with Crippen molar-refractivity contribution in [3.05, 3.63) is 23.8 Å². The number of benzene rings is 1. The monoisotopic (exact) mass is 207 g/mol. The summed E-state index contributed by atoms with van der Waals surface area (Å²) in [6.07, 6.45) is 0.827. The van der Waals surface area contributed by atoms with Crippen LogP contribution in [0.2, 0.25) is 0 Å². The molecule has 72 valence electrons. The fourth-order valence-electron chi connectivity index (χ4n) is 1.40. The number of hydrogen-bond acceptors (Lipinski definition) is 4. The zero-order valence-electron chi connectivity index (χ0n) is 7.61. The smallest absolute Gasteiger partial charge is 0.150 e. The van der Waals surface area contributed by atoms with Gasteiger partial charge in [0.05, 0.1) is 16.8 Å². The average Bonchev–Trinajstić information content (AvgIpc) is 2.57. The molecule has 4 heteroatoms. The fourth-order valence-corrected chi connectivity index (χ4v) is 2.35. The van der Waals surface area contributed by atoms with Crippen molar-refractivity contribution in [2.75, 3.05) is 12.8 Å². The molecule has 0 saturated carbocycles. The molecule has 0 bridgehead atoms. The highest BCUT2D eigenvalue weighted by Gasteiger charge is 2.08. The highest BCUT2D eigenvalue weighted by molar-refractivity contribution is 7.23. The van der Waals surface area contributed by atoms with Crippen molar-refractivity contribution >= 4 is 32.7 Å². The summed E-state index contributed by atoms with van der Waals surface area (Å²) in [5.41, 5.74) is 6.33. The third kappa shape index (κ3) is 1.24. The van der Waals surface area contributed by atoms with Crippen molar-refractivity contribution in [2.24, 2.45) is 0 Å². The summed E-state index contributed by atoms with van der Waals surface area (Å²) >= 11 is 1.43. The van der Waals surface area contributed by atoms with Crippen LogP contribution in [-0.2, 0) is 0 Å². The number of thiophene rings is 1. The van der Waals surface area contributed by atoms with Gasteiger partial charge in [-0.25, -0.2) is 0 Å². The molecule has 2 rings (SSSR count). The summed E-state index contributed by atoms with van der Waals surface area (Å²) in [6, 6.07) is 5.31. The summed E-state index contributed by atoms with van der Waals surface area (Å²) in [5, 5.41) is 1.55. The van der Waals surface area contributed by atoms with Gasteiger partial charge in [0.1, 0.15) is 5.75 Å². The molecule has 14 heavy (non-hydrogen) atoms. The lowest BCUT2D eigenvalue weighted by Gasteiger charge is -2.01. The third-order valence-electron chi connectivity index (χ3n) is 2.05. The van der Waals surface area contributed by atoms with E-state index in [1.54, 1.807) is 25.3 Å². The Hall–Kier alpha value is -1.55. The van der Waals surface area contributed by atoms with Crippen LogP contribution in [0.15, 0.2) is 18.2 Å². The molecule has 0 spiro atoms. The number of anilines is 1. The Morgan fingerprint density at radius 1 is 1.50 bits per heavy atom. The lowest BCUT2D eigenvalue weighted by Crippen LogP contribution is -1.85. The van der Waals surface area contributed by atoms with Gasteiger partial charge >= 0.3 is 0 Å². The number of fused-ring (bicyclic) bond motifs is 1. The minimum absolute atomic E-state index is 0.647. The summed E-state index contributed by atoms with van der Waals surface area (Å²) < 4.78 is 6.10. The second-order valence-electron chi connectivity index (χ2n) is 2.87. The quantitative estimate of drug-likeness (QED) is 0.769. The molecular formula is C10H9NO2S. The molecule has 0 fully saturated rings.